The number of carbonyl (C=O) groups is 1. The highest BCUT2D eigenvalue weighted by Gasteiger charge is 2.12. The van der Waals surface area contributed by atoms with Gasteiger partial charge >= 0.3 is 0 Å². The van der Waals surface area contributed by atoms with E-state index in [0.29, 0.717) is 5.56 Å². The van der Waals surface area contributed by atoms with Gasteiger partial charge in [-0.05, 0) is 17.7 Å². The van der Waals surface area contributed by atoms with Crippen molar-refractivity contribution in [1.29, 1.82) is 0 Å². The zero-order valence-corrected chi connectivity index (χ0v) is 11.4. The number of benzene rings is 1. The third-order valence-corrected chi connectivity index (χ3v) is 3.26. The Morgan fingerprint density at radius 2 is 2.15 bits per heavy atom. The Bertz CT molecular complexity index is 643. The molecule has 0 unspecified atom stereocenters. The monoisotopic (exact) mass is 299 g/mol. The smallest absolute Gasteiger partial charge is 0.226 e. The third-order valence-electron chi connectivity index (χ3n) is 2.86. The summed E-state index contributed by atoms with van der Waals surface area (Å²) in [7, 11) is 1.73. The molecular weight excluding hydrogens is 288 g/mol. The first-order chi connectivity index (χ1) is 9.49. The lowest BCUT2D eigenvalue weighted by molar-refractivity contribution is -0.120. The number of nitrogens with zero attached hydrogens (tertiary/aromatic N) is 2. The number of aromatic nitrogens is 2. The van der Waals surface area contributed by atoms with Crippen molar-refractivity contribution in [3.63, 3.8) is 0 Å². The van der Waals surface area contributed by atoms with Gasteiger partial charge in [0.15, 0.2) is 11.6 Å². The van der Waals surface area contributed by atoms with Crippen molar-refractivity contribution < 1.29 is 13.6 Å². The molecule has 0 aliphatic carbocycles. The van der Waals surface area contributed by atoms with Crippen LogP contribution in [-0.2, 0) is 24.8 Å². The molecule has 20 heavy (non-hydrogen) atoms. The van der Waals surface area contributed by atoms with Gasteiger partial charge < -0.3 is 5.32 Å². The molecule has 4 nitrogen and oxygen atoms in total. The fourth-order valence-electron chi connectivity index (χ4n) is 1.70. The highest BCUT2D eigenvalue weighted by atomic mass is 35.5. The normalized spacial score (nSPS) is 10.6. The molecule has 0 radical (unpaired) electrons. The van der Waals surface area contributed by atoms with Crippen LogP contribution in [0.2, 0.25) is 5.02 Å². The Morgan fingerprint density at radius 1 is 1.40 bits per heavy atom. The quantitative estimate of drug-likeness (QED) is 0.880. The summed E-state index contributed by atoms with van der Waals surface area (Å²) in [5, 5.41) is 6.23. The first-order valence-corrected chi connectivity index (χ1v) is 6.22. The summed E-state index contributed by atoms with van der Waals surface area (Å²) < 4.78 is 27.7. The summed E-state index contributed by atoms with van der Waals surface area (Å²) in [5.41, 5.74) is 1.07. The Labute approximate surface area is 119 Å². The molecule has 0 bridgehead atoms. The van der Waals surface area contributed by atoms with Crippen molar-refractivity contribution in [1.82, 2.24) is 15.1 Å². The van der Waals surface area contributed by atoms with E-state index in [4.69, 9.17) is 11.6 Å². The molecule has 1 heterocycles. The van der Waals surface area contributed by atoms with Crippen LogP contribution in [0.25, 0.3) is 0 Å². The molecule has 0 atom stereocenters. The molecule has 2 aromatic rings. The predicted octanol–water partition coefficient (Wildman–Crippen LogP) is 2.21. The number of rotatable bonds is 4. The minimum absolute atomic E-state index is 0.0344. The number of carbonyl (C=O) groups excluding carboxylic acids is 1. The van der Waals surface area contributed by atoms with Crippen LogP contribution in [0.1, 0.15) is 11.3 Å². The lowest BCUT2D eigenvalue weighted by atomic mass is 10.2. The third kappa shape index (κ3) is 3.14. The summed E-state index contributed by atoms with van der Waals surface area (Å²) in [5.74, 6) is -2.38. The van der Waals surface area contributed by atoms with E-state index < -0.39 is 11.6 Å². The largest absolute Gasteiger partial charge is 0.352 e. The van der Waals surface area contributed by atoms with Crippen molar-refractivity contribution >= 4 is 17.5 Å². The highest BCUT2D eigenvalue weighted by molar-refractivity contribution is 6.31. The lowest BCUT2D eigenvalue weighted by Crippen LogP contribution is -2.25. The molecule has 0 fully saturated rings. The Morgan fingerprint density at radius 3 is 2.80 bits per heavy atom. The number of aryl methyl sites for hydroxylation is 1. The second-order valence-electron chi connectivity index (χ2n) is 4.23. The predicted molar refractivity (Wildman–Crippen MR) is 70.1 cm³/mol. The second kappa shape index (κ2) is 6.00. The van der Waals surface area contributed by atoms with Gasteiger partial charge in [0.1, 0.15) is 0 Å². The maximum absolute atomic E-state index is 13.2. The van der Waals surface area contributed by atoms with Gasteiger partial charge in [-0.1, -0.05) is 17.7 Å². The molecule has 0 saturated carbocycles. The summed E-state index contributed by atoms with van der Waals surface area (Å²) >= 11 is 5.67. The van der Waals surface area contributed by atoms with E-state index in [2.05, 4.69) is 10.4 Å². The van der Waals surface area contributed by atoms with Crippen LogP contribution in [0.4, 0.5) is 8.78 Å². The van der Waals surface area contributed by atoms with Crippen LogP contribution >= 0.6 is 11.6 Å². The van der Waals surface area contributed by atoms with Crippen LogP contribution in [0.5, 0.6) is 0 Å². The van der Waals surface area contributed by atoms with E-state index in [-0.39, 0.29) is 23.9 Å². The molecule has 1 amide bonds. The van der Waals surface area contributed by atoms with E-state index in [1.807, 2.05) is 0 Å². The van der Waals surface area contributed by atoms with Crippen LogP contribution in [0.15, 0.2) is 24.4 Å². The van der Waals surface area contributed by atoms with E-state index in [0.717, 1.165) is 11.8 Å². The molecule has 0 saturated heterocycles. The fraction of sp³-hybridized carbons (Fsp3) is 0.231. The summed E-state index contributed by atoms with van der Waals surface area (Å²) in [6.45, 7) is 0.0344. The maximum Gasteiger partial charge on any atom is 0.226 e. The number of halogens is 3. The number of hydrogen-bond acceptors (Lipinski definition) is 2. The van der Waals surface area contributed by atoms with Crippen LogP contribution in [0.3, 0.4) is 0 Å². The Balaban J connectivity index is 1.97. The van der Waals surface area contributed by atoms with E-state index in [1.54, 1.807) is 24.0 Å². The van der Waals surface area contributed by atoms with Crippen LogP contribution in [0, 0.1) is 11.6 Å². The molecular formula is C13H12ClF2N3O. The second-order valence-corrected chi connectivity index (χ2v) is 4.61. The maximum atomic E-state index is 13.2. The summed E-state index contributed by atoms with van der Waals surface area (Å²) in [4.78, 5) is 11.7. The van der Waals surface area contributed by atoms with Crippen LogP contribution < -0.4 is 5.32 Å². The van der Waals surface area contributed by atoms with Crippen molar-refractivity contribution in [2.75, 3.05) is 0 Å². The van der Waals surface area contributed by atoms with Gasteiger partial charge in [-0.3, -0.25) is 9.48 Å². The molecule has 106 valence electrons. The van der Waals surface area contributed by atoms with Gasteiger partial charge in [0.25, 0.3) is 0 Å². The Hall–Kier alpha value is -1.95. The number of nitrogens with one attached hydrogen (secondary N) is 1. The zero-order valence-electron chi connectivity index (χ0n) is 10.7. The highest BCUT2D eigenvalue weighted by Crippen LogP contribution is 2.22. The number of amides is 1. The van der Waals surface area contributed by atoms with Gasteiger partial charge in [-0.15, -0.1) is 0 Å². The molecule has 0 aliphatic rings. The summed E-state index contributed by atoms with van der Waals surface area (Å²) in [6.07, 6.45) is 1.74. The fourth-order valence-corrected chi connectivity index (χ4v) is 1.92. The SMILES string of the molecule is Cn1nccc1CC(=O)NCc1ccc(F)c(F)c1Cl. The van der Waals surface area contributed by atoms with Crippen molar-refractivity contribution in [2.45, 2.75) is 13.0 Å². The molecule has 7 heteroatoms. The van der Waals surface area contributed by atoms with Gasteiger partial charge in [-0.25, -0.2) is 8.78 Å². The van der Waals surface area contributed by atoms with Crippen LogP contribution in [-0.4, -0.2) is 15.7 Å². The van der Waals surface area contributed by atoms with E-state index in [9.17, 15) is 13.6 Å². The molecule has 2 rings (SSSR count). The van der Waals surface area contributed by atoms with Gasteiger partial charge in [0.05, 0.1) is 11.4 Å². The minimum Gasteiger partial charge on any atom is -0.352 e. The van der Waals surface area contributed by atoms with E-state index >= 15 is 0 Å². The van der Waals surface area contributed by atoms with Gasteiger partial charge in [-0.2, -0.15) is 5.10 Å². The average molecular weight is 300 g/mol. The molecule has 0 spiro atoms. The lowest BCUT2D eigenvalue weighted by Gasteiger charge is -2.08. The first kappa shape index (κ1) is 14.5. The molecule has 1 aromatic heterocycles. The van der Waals surface area contributed by atoms with E-state index in [1.165, 1.54) is 6.07 Å². The standard InChI is InChI=1S/C13H12ClF2N3O/c1-19-9(4-5-18-19)6-11(20)17-7-8-2-3-10(15)13(16)12(8)14/h2-5H,6-7H2,1H3,(H,17,20). The van der Waals surface area contributed by atoms with Gasteiger partial charge in [0, 0.05) is 25.5 Å². The van der Waals surface area contributed by atoms with Crippen molar-refractivity contribution in [3.8, 4) is 0 Å². The molecule has 1 N–H and O–H groups in total. The summed E-state index contributed by atoms with van der Waals surface area (Å²) in [6, 6.07) is 4.04. The van der Waals surface area contributed by atoms with Crippen molar-refractivity contribution in [2.24, 2.45) is 7.05 Å². The first-order valence-electron chi connectivity index (χ1n) is 5.85. The average Bonchev–Trinajstić information content (AvgIpc) is 2.81. The zero-order chi connectivity index (χ0) is 14.7. The Kier molecular flexibility index (Phi) is 4.34. The number of hydrogen-bond donors (Lipinski definition) is 1. The molecule has 1 aromatic carbocycles. The minimum atomic E-state index is -1.11. The topological polar surface area (TPSA) is 46.9 Å². The van der Waals surface area contributed by atoms with Gasteiger partial charge in [0.2, 0.25) is 5.91 Å². The van der Waals surface area contributed by atoms with Crippen molar-refractivity contribution in [3.05, 3.63) is 52.3 Å². The molecule has 0 aliphatic heterocycles.